The first-order chi connectivity index (χ1) is 14.8. The van der Waals surface area contributed by atoms with Gasteiger partial charge in [-0.3, -0.25) is 4.90 Å². The van der Waals surface area contributed by atoms with Crippen LogP contribution in [0, 0.1) is 5.41 Å². The van der Waals surface area contributed by atoms with Crippen molar-refractivity contribution in [2.45, 2.75) is 58.8 Å². The topological polar surface area (TPSA) is 89.9 Å². The molecule has 0 amide bonds. The number of carbonyl (C=O) groups is 2. The summed E-state index contributed by atoms with van der Waals surface area (Å²) < 4.78 is 39.9. The molecule has 1 aromatic carbocycles. The third-order valence-corrected chi connectivity index (χ3v) is 5.04. The molecule has 1 aromatic rings. The Morgan fingerprint density at radius 3 is 2.06 bits per heavy atom. The molecule has 0 aromatic heterocycles. The average molecular weight is 459 g/mol. The Labute approximate surface area is 187 Å². The summed E-state index contributed by atoms with van der Waals surface area (Å²) >= 11 is 0. The van der Waals surface area contributed by atoms with Gasteiger partial charge in [-0.2, -0.15) is 13.2 Å². The number of carboxylic acids is 2. The van der Waals surface area contributed by atoms with Crippen LogP contribution in [0.5, 0.6) is 0 Å². The molecule has 1 fully saturated rings. The van der Waals surface area contributed by atoms with Crippen LogP contribution in [0.25, 0.3) is 0 Å². The minimum atomic E-state index is -4.29. The third-order valence-electron chi connectivity index (χ3n) is 5.04. The highest BCUT2D eigenvalue weighted by atomic mass is 19.4. The van der Waals surface area contributed by atoms with Gasteiger partial charge in [0.2, 0.25) is 0 Å². The molecular formula is C23H33F3N2O4. The highest BCUT2D eigenvalue weighted by Gasteiger charge is 2.34. The van der Waals surface area contributed by atoms with Gasteiger partial charge in [-0.15, -0.1) is 0 Å². The molecule has 0 atom stereocenters. The van der Waals surface area contributed by atoms with Crippen LogP contribution < -0.4 is 5.32 Å². The Balaban J connectivity index is 0.000000547. The number of hydrogen-bond donors (Lipinski definition) is 3. The Bertz CT molecular complexity index is 751. The first kappa shape index (κ1) is 27.6. The summed E-state index contributed by atoms with van der Waals surface area (Å²) in [6.07, 6.45) is -0.202. The fourth-order valence-corrected chi connectivity index (χ4v) is 3.34. The monoisotopic (exact) mass is 458 g/mol. The van der Waals surface area contributed by atoms with Gasteiger partial charge in [-0.25, -0.2) is 9.59 Å². The van der Waals surface area contributed by atoms with Crippen LogP contribution in [0.15, 0.2) is 36.4 Å². The quantitative estimate of drug-likeness (QED) is 0.525. The van der Waals surface area contributed by atoms with Gasteiger partial charge in [0.25, 0.3) is 0 Å². The van der Waals surface area contributed by atoms with Crippen LogP contribution in [-0.4, -0.2) is 52.7 Å². The lowest BCUT2D eigenvalue weighted by Crippen LogP contribution is -2.44. The second-order valence-electron chi connectivity index (χ2n) is 8.93. The normalized spacial score (nSPS) is 15.5. The third kappa shape index (κ3) is 11.3. The zero-order chi connectivity index (χ0) is 24.4. The number of alkyl halides is 3. The molecule has 3 N–H and O–H groups in total. The first-order valence-electron chi connectivity index (χ1n) is 10.5. The molecule has 32 heavy (non-hydrogen) atoms. The summed E-state index contributed by atoms with van der Waals surface area (Å²) in [5.41, 5.74) is 0.0615. The predicted molar refractivity (Wildman–Crippen MR) is 116 cm³/mol. The molecule has 0 bridgehead atoms. The minimum Gasteiger partial charge on any atom is -0.478 e. The van der Waals surface area contributed by atoms with Crippen LogP contribution in [0.4, 0.5) is 13.2 Å². The van der Waals surface area contributed by atoms with Crippen LogP contribution in [0.2, 0.25) is 0 Å². The van der Waals surface area contributed by atoms with E-state index in [0.717, 1.165) is 38.9 Å². The van der Waals surface area contributed by atoms with E-state index in [-0.39, 0.29) is 5.41 Å². The lowest BCUT2D eigenvalue weighted by molar-refractivity contribution is -0.138. The predicted octanol–water partition coefficient (Wildman–Crippen LogP) is 4.41. The van der Waals surface area contributed by atoms with Crippen molar-refractivity contribution in [1.82, 2.24) is 10.2 Å². The van der Waals surface area contributed by atoms with Crippen LogP contribution in [0.1, 0.15) is 51.2 Å². The molecule has 1 aliphatic rings. The van der Waals surface area contributed by atoms with Crippen LogP contribution in [-0.2, 0) is 22.3 Å². The minimum absolute atomic E-state index is 0.175. The van der Waals surface area contributed by atoms with Crippen molar-refractivity contribution < 1.29 is 33.0 Å². The average Bonchev–Trinajstić information content (AvgIpc) is 2.69. The van der Waals surface area contributed by atoms with Gasteiger partial charge < -0.3 is 15.5 Å². The van der Waals surface area contributed by atoms with Crippen molar-refractivity contribution in [3.63, 3.8) is 0 Å². The summed E-state index contributed by atoms with van der Waals surface area (Å²) in [5, 5.41) is 19.0. The number of nitrogens with zero attached hydrogens (tertiary/aromatic N) is 1. The summed E-state index contributed by atoms with van der Waals surface area (Å²) in [4.78, 5) is 21.4. The molecule has 6 nitrogen and oxygen atoms in total. The summed E-state index contributed by atoms with van der Waals surface area (Å²) in [6.45, 7) is 9.62. The van der Waals surface area contributed by atoms with E-state index >= 15 is 0 Å². The second-order valence-corrected chi connectivity index (χ2v) is 8.93. The Hall–Kier alpha value is -2.39. The summed E-state index contributed by atoms with van der Waals surface area (Å²) in [6, 6.07) is 6.34. The van der Waals surface area contributed by atoms with E-state index in [9.17, 15) is 22.8 Å². The van der Waals surface area contributed by atoms with Gasteiger partial charge in [0.1, 0.15) is 0 Å². The van der Waals surface area contributed by atoms with E-state index < -0.39 is 23.7 Å². The smallest absolute Gasteiger partial charge is 0.416 e. The van der Waals surface area contributed by atoms with Crippen LogP contribution in [0.3, 0.4) is 0 Å². The highest BCUT2D eigenvalue weighted by molar-refractivity contribution is 5.89. The lowest BCUT2D eigenvalue weighted by atomic mass is 9.91. The van der Waals surface area contributed by atoms with Gasteiger partial charge in [-0.05, 0) is 55.9 Å². The largest absolute Gasteiger partial charge is 0.478 e. The van der Waals surface area contributed by atoms with E-state index in [1.165, 1.54) is 12.1 Å². The lowest BCUT2D eigenvalue weighted by Gasteiger charge is -2.36. The Morgan fingerprint density at radius 2 is 1.59 bits per heavy atom. The molecule has 0 saturated carbocycles. The van der Waals surface area contributed by atoms with Gasteiger partial charge in [0.15, 0.2) is 0 Å². The molecule has 2 rings (SSSR count). The van der Waals surface area contributed by atoms with E-state index in [1.54, 1.807) is 12.1 Å². The van der Waals surface area contributed by atoms with Crippen molar-refractivity contribution in [2.75, 3.05) is 19.6 Å². The van der Waals surface area contributed by atoms with Gasteiger partial charge >= 0.3 is 18.1 Å². The number of aliphatic carboxylic acids is 2. The van der Waals surface area contributed by atoms with Crippen molar-refractivity contribution in [3.8, 4) is 0 Å². The highest BCUT2D eigenvalue weighted by Crippen LogP contribution is 2.33. The van der Waals surface area contributed by atoms with E-state index in [0.29, 0.717) is 30.3 Å². The second kappa shape index (κ2) is 12.6. The molecule has 0 unspecified atom stereocenters. The van der Waals surface area contributed by atoms with Crippen molar-refractivity contribution >= 4 is 11.9 Å². The zero-order valence-corrected chi connectivity index (χ0v) is 18.8. The molecule has 0 aliphatic carbocycles. The van der Waals surface area contributed by atoms with E-state index in [1.807, 2.05) is 0 Å². The number of nitrogens with one attached hydrogen (secondary N) is 1. The van der Waals surface area contributed by atoms with E-state index in [2.05, 4.69) is 31.0 Å². The van der Waals surface area contributed by atoms with Crippen molar-refractivity contribution in [3.05, 3.63) is 47.5 Å². The van der Waals surface area contributed by atoms with Gasteiger partial charge in [0.05, 0.1) is 5.56 Å². The van der Waals surface area contributed by atoms with Crippen LogP contribution >= 0.6 is 0 Å². The molecule has 1 heterocycles. The summed E-state index contributed by atoms with van der Waals surface area (Å²) in [5.74, 6) is -2.51. The standard InChI is InChI=1S/C19H29F3N2.C4H4O4/c1-18(2,3)10-13-24(16-8-11-23-12-9-16)14-15-6-4-5-7-17(15)19(20,21)22;5-3(6)1-2-4(7)8/h4-7,16,23H,8-14H2,1-3H3;1-2H,(H,5,6)(H,7,8). The SMILES string of the molecule is CC(C)(C)CCN(Cc1ccccc1C(F)(F)F)C1CCNCC1.O=C(O)C=CC(=O)O. The fraction of sp³-hybridized carbons (Fsp3) is 0.565. The maximum absolute atomic E-state index is 13.3. The number of hydrogen-bond acceptors (Lipinski definition) is 4. The van der Waals surface area contributed by atoms with Gasteiger partial charge in [0, 0.05) is 24.7 Å². The molecular weight excluding hydrogens is 425 g/mol. The van der Waals surface area contributed by atoms with Crippen molar-refractivity contribution in [1.29, 1.82) is 0 Å². The molecule has 180 valence electrons. The van der Waals surface area contributed by atoms with Crippen molar-refractivity contribution in [2.24, 2.45) is 5.41 Å². The Morgan fingerprint density at radius 1 is 1.06 bits per heavy atom. The van der Waals surface area contributed by atoms with Gasteiger partial charge in [-0.1, -0.05) is 39.0 Å². The fourth-order valence-electron chi connectivity index (χ4n) is 3.34. The number of halogens is 3. The maximum atomic E-state index is 13.3. The number of rotatable bonds is 7. The number of carboxylic acid groups (broad SMARTS) is 2. The molecule has 1 saturated heterocycles. The molecule has 0 radical (unpaired) electrons. The molecule has 0 spiro atoms. The molecule has 1 aliphatic heterocycles. The first-order valence-corrected chi connectivity index (χ1v) is 10.5. The number of benzene rings is 1. The Kier molecular flexibility index (Phi) is 10.9. The zero-order valence-electron chi connectivity index (χ0n) is 18.8. The van der Waals surface area contributed by atoms with E-state index in [4.69, 9.17) is 10.2 Å². The summed E-state index contributed by atoms with van der Waals surface area (Å²) in [7, 11) is 0. The maximum Gasteiger partial charge on any atom is 0.416 e. The molecule has 9 heteroatoms. The number of piperidine rings is 1.